The molecule has 0 aliphatic carbocycles. The molecule has 5 rings (SSSR count). The van der Waals surface area contributed by atoms with Gasteiger partial charge in [0.1, 0.15) is 6.61 Å². The molecule has 1 aromatic carbocycles. The third kappa shape index (κ3) is 5.32. The topological polar surface area (TPSA) is 42.8 Å². The van der Waals surface area contributed by atoms with Crippen molar-refractivity contribution in [1.82, 2.24) is 19.6 Å². The summed E-state index contributed by atoms with van der Waals surface area (Å²) in [5, 5.41) is 4.53. The van der Waals surface area contributed by atoms with Gasteiger partial charge in [-0.15, -0.1) is 11.3 Å². The van der Waals surface area contributed by atoms with Crippen LogP contribution in [0.4, 0.5) is 0 Å². The monoisotopic (exact) mass is 480 g/mol. The Balaban J connectivity index is 1.42. The third-order valence-electron chi connectivity index (χ3n) is 6.91. The normalized spacial score (nSPS) is 19.5. The number of likely N-dealkylation sites (tertiary alicyclic amines) is 1. The van der Waals surface area contributed by atoms with Crippen LogP contribution < -0.4 is 9.47 Å². The number of aryl methyl sites for hydroxylation is 3. The number of benzene rings is 1. The van der Waals surface area contributed by atoms with Gasteiger partial charge < -0.3 is 14.4 Å². The Hall–Kier alpha value is -2.35. The summed E-state index contributed by atoms with van der Waals surface area (Å²) in [5.41, 5.74) is 4.79. The van der Waals surface area contributed by atoms with Crippen LogP contribution in [-0.2, 0) is 20.1 Å². The number of piperidine rings is 1. The molecule has 2 aromatic heterocycles. The summed E-state index contributed by atoms with van der Waals surface area (Å²) < 4.78 is 14.8. The number of rotatable bonds is 6. The Bertz CT molecular complexity index is 1140. The van der Waals surface area contributed by atoms with Gasteiger partial charge in [0.2, 0.25) is 0 Å². The van der Waals surface area contributed by atoms with E-state index in [9.17, 15) is 0 Å². The van der Waals surface area contributed by atoms with Crippen LogP contribution >= 0.6 is 11.3 Å². The summed E-state index contributed by atoms with van der Waals surface area (Å²) in [6, 6.07) is 8.90. The van der Waals surface area contributed by atoms with E-state index in [2.05, 4.69) is 66.3 Å². The molecule has 0 N–H and O–H groups in total. The van der Waals surface area contributed by atoms with Crippen molar-refractivity contribution in [3.05, 3.63) is 52.2 Å². The number of ether oxygens (including phenoxy) is 2. The zero-order valence-electron chi connectivity index (χ0n) is 20.8. The zero-order chi connectivity index (χ0) is 23.7. The van der Waals surface area contributed by atoms with E-state index in [4.69, 9.17) is 9.47 Å². The second-order valence-electron chi connectivity index (χ2n) is 9.93. The van der Waals surface area contributed by atoms with E-state index in [-0.39, 0.29) is 0 Å². The van der Waals surface area contributed by atoms with Gasteiger partial charge in [0.15, 0.2) is 11.5 Å². The van der Waals surface area contributed by atoms with E-state index in [1.54, 1.807) is 0 Å². The Morgan fingerprint density at radius 3 is 2.79 bits per heavy atom. The predicted octanol–water partition coefficient (Wildman–Crippen LogP) is 4.88. The van der Waals surface area contributed by atoms with Gasteiger partial charge in [0.05, 0.1) is 12.3 Å². The lowest BCUT2D eigenvalue weighted by atomic mass is 9.99. The van der Waals surface area contributed by atoms with Crippen LogP contribution in [0.2, 0.25) is 0 Å². The maximum absolute atomic E-state index is 6.51. The minimum absolute atomic E-state index is 0.567. The Labute approximate surface area is 207 Å². The first-order valence-electron chi connectivity index (χ1n) is 12.3. The van der Waals surface area contributed by atoms with Crippen molar-refractivity contribution >= 4 is 11.3 Å². The molecule has 1 atom stereocenters. The number of hydrogen-bond donors (Lipinski definition) is 0. The lowest BCUT2D eigenvalue weighted by Gasteiger charge is -2.29. The molecule has 0 spiro atoms. The largest absolute Gasteiger partial charge is 0.489 e. The highest BCUT2D eigenvalue weighted by Gasteiger charge is 2.24. The first-order valence-corrected chi connectivity index (χ1v) is 13.2. The van der Waals surface area contributed by atoms with Gasteiger partial charge in [-0.3, -0.25) is 9.58 Å². The van der Waals surface area contributed by atoms with Crippen molar-refractivity contribution in [2.45, 2.75) is 39.8 Å². The fraction of sp³-hybridized carbons (Fsp3) is 0.519. The number of fused-ring (bicyclic) bond motifs is 1. The molecule has 0 amide bonds. The van der Waals surface area contributed by atoms with Crippen molar-refractivity contribution in [3.63, 3.8) is 0 Å². The number of aromatic nitrogens is 2. The van der Waals surface area contributed by atoms with E-state index < -0.39 is 0 Å². The molecule has 1 unspecified atom stereocenters. The average molecular weight is 481 g/mol. The van der Waals surface area contributed by atoms with E-state index >= 15 is 0 Å². The fourth-order valence-corrected chi connectivity index (χ4v) is 6.03. The van der Waals surface area contributed by atoms with Crippen LogP contribution in [0.15, 0.2) is 30.5 Å². The quantitative estimate of drug-likeness (QED) is 0.503. The number of nitrogens with zero attached hydrogens (tertiary/aromatic N) is 4. The van der Waals surface area contributed by atoms with Crippen molar-refractivity contribution in [2.24, 2.45) is 13.0 Å². The predicted molar refractivity (Wildman–Crippen MR) is 138 cm³/mol. The van der Waals surface area contributed by atoms with E-state index in [0.717, 1.165) is 50.0 Å². The molecule has 1 saturated heterocycles. The Morgan fingerprint density at radius 2 is 2.06 bits per heavy atom. The molecule has 0 radical (unpaired) electrons. The van der Waals surface area contributed by atoms with Gasteiger partial charge in [-0.25, -0.2) is 0 Å². The summed E-state index contributed by atoms with van der Waals surface area (Å²) in [6.07, 6.45) is 4.61. The van der Waals surface area contributed by atoms with Crippen molar-refractivity contribution in [1.29, 1.82) is 0 Å². The molecule has 182 valence electrons. The summed E-state index contributed by atoms with van der Waals surface area (Å²) in [4.78, 5) is 7.47. The molecule has 0 saturated carbocycles. The van der Waals surface area contributed by atoms with E-state index in [1.165, 1.54) is 45.8 Å². The van der Waals surface area contributed by atoms with Gasteiger partial charge in [-0.1, -0.05) is 0 Å². The van der Waals surface area contributed by atoms with Gasteiger partial charge >= 0.3 is 0 Å². The van der Waals surface area contributed by atoms with Gasteiger partial charge in [0, 0.05) is 66.2 Å². The van der Waals surface area contributed by atoms with E-state index in [1.807, 2.05) is 23.1 Å². The van der Waals surface area contributed by atoms with Gasteiger partial charge in [-0.05, 0) is 70.1 Å². The molecule has 2 aliphatic rings. The van der Waals surface area contributed by atoms with Crippen molar-refractivity contribution in [3.8, 4) is 21.9 Å². The second-order valence-corrected chi connectivity index (χ2v) is 11.2. The Kier molecular flexibility index (Phi) is 6.95. The standard InChI is InChI=1S/C27H36N4O2S/c1-19-7-8-26(34-19)22-12-23-16-31(17-24-15-30(4)28-20(24)2)10-11-32-27(23)25(13-22)33-18-21-6-5-9-29(3)14-21/h7-8,12-13,15,21H,5-6,9-11,14,16-18H2,1-4H3. The highest BCUT2D eigenvalue weighted by molar-refractivity contribution is 7.15. The highest BCUT2D eigenvalue weighted by Crippen LogP contribution is 2.40. The SMILES string of the molecule is Cc1ccc(-c2cc3c(c(OCC4CCCN(C)C4)c2)OCCN(Cc2cn(C)nc2C)C3)s1. The van der Waals surface area contributed by atoms with E-state index in [0.29, 0.717) is 12.5 Å². The molecule has 0 bridgehead atoms. The molecule has 7 heteroatoms. The van der Waals surface area contributed by atoms with Crippen molar-refractivity contribution < 1.29 is 9.47 Å². The maximum Gasteiger partial charge on any atom is 0.165 e. The molecule has 34 heavy (non-hydrogen) atoms. The minimum Gasteiger partial charge on any atom is -0.489 e. The molecule has 1 fully saturated rings. The molecule has 2 aliphatic heterocycles. The smallest absolute Gasteiger partial charge is 0.165 e. The summed E-state index contributed by atoms with van der Waals surface area (Å²) in [5.74, 6) is 2.38. The summed E-state index contributed by atoms with van der Waals surface area (Å²) in [6.45, 7) is 10.5. The first kappa shape index (κ1) is 23.4. The lowest BCUT2D eigenvalue weighted by molar-refractivity contribution is 0.146. The molecule has 6 nitrogen and oxygen atoms in total. The molecular formula is C27H36N4O2S. The zero-order valence-corrected chi connectivity index (χ0v) is 21.7. The molecular weight excluding hydrogens is 444 g/mol. The van der Waals surface area contributed by atoms with Crippen LogP contribution in [0.25, 0.3) is 10.4 Å². The van der Waals surface area contributed by atoms with Crippen LogP contribution in [0, 0.1) is 19.8 Å². The van der Waals surface area contributed by atoms with Crippen LogP contribution in [0.3, 0.4) is 0 Å². The van der Waals surface area contributed by atoms with Crippen LogP contribution in [0.1, 0.15) is 34.5 Å². The summed E-state index contributed by atoms with van der Waals surface area (Å²) >= 11 is 1.83. The van der Waals surface area contributed by atoms with Gasteiger partial charge in [-0.2, -0.15) is 5.10 Å². The minimum atomic E-state index is 0.567. The number of hydrogen-bond acceptors (Lipinski definition) is 6. The highest BCUT2D eigenvalue weighted by atomic mass is 32.1. The maximum atomic E-state index is 6.51. The first-order chi connectivity index (χ1) is 16.4. The summed E-state index contributed by atoms with van der Waals surface area (Å²) in [7, 11) is 4.19. The van der Waals surface area contributed by atoms with Crippen LogP contribution in [-0.4, -0.2) is 59.5 Å². The van der Waals surface area contributed by atoms with Crippen LogP contribution in [0.5, 0.6) is 11.5 Å². The Morgan fingerprint density at radius 1 is 1.18 bits per heavy atom. The average Bonchev–Trinajstić information content (AvgIpc) is 3.30. The van der Waals surface area contributed by atoms with Gasteiger partial charge in [0.25, 0.3) is 0 Å². The molecule has 3 aromatic rings. The lowest BCUT2D eigenvalue weighted by Crippen LogP contribution is -2.34. The second kappa shape index (κ2) is 10.1. The fourth-order valence-electron chi connectivity index (χ4n) is 5.17. The third-order valence-corrected chi connectivity index (χ3v) is 7.96. The molecule has 4 heterocycles. The number of thiophene rings is 1. The van der Waals surface area contributed by atoms with Crippen molar-refractivity contribution in [2.75, 3.05) is 39.9 Å².